The fraction of sp³-hybridized carbons (Fsp3) is 0.867. The summed E-state index contributed by atoms with van der Waals surface area (Å²) in [5.74, 6) is 0. The third-order valence-corrected chi connectivity index (χ3v) is 14.8. The molecule has 0 spiro atoms. The van der Waals surface area contributed by atoms with Gasteiger partial charge in [0.05, 0.1) is 12.9 Å². The minimum atomic E-state index is -2.03. The fourth-order valence-corrected chi connectivity index (χ4v) is 16.9. The van der Waals surface area contributed by atoms with Crippen LogP contribution in [0.2, 0.25) is 51.4 Å². The summed E-state index contributed by atoms with van der Waals surface area (Å²) in [6, 6.07) is 2.34. The maximum Gasteiger partial charge on any atom is 0.311 e. The molecule has 0 saturated heterocycles. The summed E-state index contributed by atoms with van der Waals surface area (Å²) in [5, 5.41) is 0. The third kappa shape index (κ3) is 11.3. The highest BCUT2D eigenvalue weighted by Crippen LogP contribution is 2.26. The van der Waals surface area contributed by atoms with Gasteiger partial charge in [-0.15, -0.1) is 0 Å². The van der Waals surface area contributed by atoms with E-state index in [1.54, 1.807) is 0 Å². The first kappa shape index (κ1) is 21.1. The monoisotopic (exact) mass is 348 g/mol. The third-order valence-electron chi connectivity index (χ3n) is 3.34. The number of hydrogen-bond acceptors (Lipinski definition) is 3. The Labute approximate surface area is 135 Å². The van der Waals surface area contributed by atoms with Crippen LogP contribution in [-0.2, 0) is 13.0 Å². The lowest BCUT2D eigenvalue weighted by molar-refractivity contribution is 0.249. The van der Waals surface area contributed by atoms with Crippen molar-refractivity contribution in [3.05, 3.63) is 12.8 Å². The van der Waals surface area contributed by atoms with E-state index in [1.165, 1.54) is 25.1 Å². The molecule has 3 nitrogen and oxygen atoms in total. The van der Waals surface area contributed by atoms with Gasteiger partial charge in [0.15, 0.2) is 16.6 Å². The van der Waals surface area contributed by atoms with Crippen molar-refractivity contribution in [3.63, 3.8) is 0 Å². The standard InChI is InChI=1S/C15H36O3Si3/c1-9-11-14-19(3,4)17-21(7,8)18-20(5,6)15-12-13-16-10-2/h10H,2,9,11-15H2,1,3-8H3. The average molecular weight is 349 g/mol. The first-order valence-electron chi connectivity index (χ1n) is 8.16. The second-order valence-electron chi connectivity index (χ2n) is 7.37. The molecule has 0 fully saturated rings. The summed E-state index contributed by atoms with van der Waals surface area (Å²) in [6.45, 7) is 20.2. The summed E-state index contributed by atoms with van der Waals surface area (Å²) < 4.78 is 18.3. The molecule has 6 heteroatoms. The maximum atomic E-state index is 6.53. The minimum absolute atomic E-state index is 0.739. The second-order valence-corrected chi connectivity index (χ2v) is 19.8. The van der Waals surface area contributed by atoms with Crippen LogP contribution in [0.4, 0.5) is 0 Å². The molecule has 0 saturated carbocycles. The molecule has 21 heavy (non-hydrogen) atoms. The van der Waals surface area contributed by atoms with E-state index in [4.69, 9.17) is 13.0 Å². The first-order chi connectivity index (χ1) is 9.54. The number of rotatable bonds is 12. The van der Waals surface area contributed by atoms with Crippen LogP contribution in [0.3, 0.4) is 0 Å². The highest BCUT2D eigenvalue weighted by atomic mass is 28.5. The van der Waals surface area contributed by atoms with E-state index < -0.39 is 25.2 Å². The summed E-state index contributed by atoms with van der Waals surface area (Å²) in [5.41, 5.74) is 0. The van der Waals surface area contributed by atoms with Gasteiger partial charge in [-0.3, -0.25) is 0 Å². The Kier molecular flexibility index (Phi) is 9.34. The quantitative estimate of drug-likeness (QED) is 0.265. The topological polar surface area (TPSA) is 27.7 Å². The van der Waals surface area contributed by atoms with Crippen molar-refractivity contribution in [2.45, 2.75) is 77.6 Å². The molecule has 0 aromatic rings. The van der Waals surface area contributed by atoms with Gasteiger partial charge in [0, 0.05) is 0 Å². The molecule has 0 rings (SSSR count). The normalized spacial score (nSPS) is 13.3. The van der Waals surface area contributed by atoms with Gasteiger partial charge in [0.25, 0.3) is 0 Å². The van der Waals surface area contributed by atoms with Gasteiger partial charge in [-0.05, 0) is 57.8 Å². The molecule has 0 aromatic heterocycles. The Morgan fingerprint density at radius 1 is 0.857 bits per heavy atom. The maximum absolute atomic E-state index is 6.53. The minimum Gasteiger partial charge on any atom is -0.502 e. The van der Waals surface area contributed by atoms with Crippen molar-refractivity contribution >= 4 is 25.2 Å². The van der Waals surface area contributed by atoms with E-state index in [1.807, 2.05) is 0 Å². The predicted octanol–water partition coefficient (Wildman–Crippen LogP) is 5.48. The molecule has 0 aliphatic heterocycles. The fourth-order valence-electron chi connectivity index (χ4n) is 2.72. The molecule has 0 amide bonds. The molecule has 0 heterocycles. The lowest BCUT2D eigenvalue weighted by Crippen LogP contribution is -2.52. The van der Waals surface area contributed by atoms with Gasteiger partial charge < -0.3 is 13.0 Å². The number of unbranched alkanes of at least 4 members (excludes halogenated alkanes) is 1. The van der Waals surface area contributed by atoms with Crippen LogP contribution in [0.1, 0.15) is 26.2 Å². The Balaban J connectivity index is 4.38. The number of ether oxygens (including phenoxy) is 1. The number of hydrogen-bond donors (Lipinski definition) is 0. The van der Waals surface area contributed by atoms with Gasteiger partial charge in [-0.2, -0.15) is 0 Å². The van der Waals surface area contributed by atoms with Crippen molar-refractivity contribution in [1.82, 2.24) is 0 Å². The Morgan fingerprint density at radius 2 is 1.33 bits per heavy atom. The van der Waals surface area contributed by atoms with Crippen LogP contribution >= 0.6 is 0 Å². The summed E-state index contributed by atoms with van der Waals surface area (Å²) in [4.78, 5) is 0. The Bertz CT molecular complexity index is 305. The zero-order chi connectivity index (χ0) is 16.6. The van der Waals surface area contributed by atoms with Gasteiger partial charge in [-0.25, -0.2) is 0 Å². The van der Waals surface area contributed by atoms with Gasteiger partial charge in [0.1, 0.15) is 0 Å². The SMILES string of the molecule is C=COCCC[Si](C)(C)O[Si](C)(C)O[Si](C)(C)CCCC. The molecule has 0 aromatic carbocycles. The molecule has 0 radical (unpaired) electrons. The van der Waals surface area contributed by atoms with Gasteiger partial charge >= 0.3 is 8.56 Å². The highest BCUT2D eigenvalue weighted by molar-refractivity contribution is 6.87. The summed E-state index contributed by atoms with van der Waals surface area (Å²) >= 11 is 0. The smallest absolute Gasteiger partial charge is 0.311 e. The Morgan fingerprint density at radius 3 is 1.76 bits per heavy atom. The average Bonchev–Trinajstić information content (AvgIpc) is 2.29. The second kappa shape index (κ2) is 9.29. The van der Waals surface area contributed by atoms with E-state index in [9.17, 15) is 0 Å². The molecule has 0 aliphatic carbocycles. The van der Waals surface area contributed by atoms with E-state index in [-0.39, 0.29) is 0 Å². The highest BCUT2D eigenvalue weighted by Gasteiger charge is 2.39. The molecule has 0 aliphatic rings. The van der Waals surface area contributed by atoms with E-state index in [0.717, 1.165) is 19.1 Å². The van der Waals surface area contributed by atoms with Crippen molar-refractivity contribution < 1.29 is 13.0 Å². The van der Waals surface area contributed by atoms with Gasteiger partial charge in [0.2, 0.25) is 0 Å². The molecule has 126 valence electrons. The first-order valence-corrected chi connectivity index (χ1v) is 17.2. The van der Waals surface area contributed by atoms with Crippen LogP contribution in [0.5, 0.6) is 0 Å². The van der Waals surface area contributed by atoms with E-state index >= 15 is 0 Å². The van der Waals surface area contributed by atoms with Crippen LogP contribution in [-0.4, -0.2) is 31.8 Å². The van der Waals surface area contributed by atoms with Crippen molar-refractivity contribution in [2.75, 3.05) is 6.61 Å². The van der Waals surface area contributed by atoms with Crippen molar-refractivity contribution in [1.29, 1.82) is 0 Å². The van der Waals surface area contributed by atoms with Crippen molar-refractivity contribution in [2.24, 2.45) is 0 Å². The largest absolute Gasteiger partial charge is 0.502 e. The molecular weight excluding hydrogens is 312 g/mol. The lowest BCUT2D eigenvalue weighted by atomic mass is 10.4. The van der Waals surface area contributed by atoms with Crippen molar-refractivity contribution in [3.8, 4) is 0 Å². The predicted molar refractivity (Wildman–Crippen MR) is 99.9 cm³/mol. The zero-order valence-electron chi connectivity index (χ0n) is 15.3. The van der Waals surface area contributed by atoms with Crippen LogP contribution in [0, 0.1) is 0 Å². The molecule has 0 bridgehead atoms. The molecule has 0 unspecified atom stereocenters. The summed E-state index contributed by atoms with van der Waals surface area (Å²) in [7, 11) is -5.29. The molecule has 0 atom stereocenters. The zero-order valence-corrected chi connectivity index (χ0v) is 18.3. The van der Waals surface area contributed by atoms with Crippen LogP contribution in [0.15, 0.2) is 12.8 Å². The molecule has 0 N–H and O–H groups in total. The van der Waals surface area contributed by atoms with E-state index in [2.05, 4.69) is 52.8 Å². The van der Waals surface area contributed by atoms with E-state index in [0.29, 0.717) is 0 Å². The lowest BCUT2D eigenvalue weighted by Gasteiger charge is -2.38. The van der Waals surface area contributed by atoms with Gasteiger partial charge in [-0.1, -0.05) is 26.3 Å². The summed E-state index contributed by atoms with van der Waals surface area (Å²) in [6.07, 6.45) is 5.06. The van der Waals surface area contributed by atoms with Crippen LogP contribution in [0.25, 0.3) is 0 Å². The molecular formula is C15H36O3Si3. The Hall–Kier alpha value is 0.111. The van der Waals surface area contributed by atoms with Crippen LogP contribution < -0.4 is 0 Å².